The molecule has 0 aromatic carbocycles. The Labute approximate surface area is 214 Å². The molecule has 2 aliphatic rings. The van der Waals surface area contributed by atoms with Crippen molar-refractivity contribution in [2.24, 2.45) is 0 Å². The van der Waals surface area contributed by atoms with Crippen molar-refractivity contribution in [2.45, 2.75) is 67.2 Å². The molecule has 0 fully saturated rings. The number of hydrogen-bond acceptors (Lipinski definition) is 1. The van der Waals surface area contributed by atoms with Crippen LogP contribution in [-0.2, 0) is 19.3 Å². The molecule has 1 aliphatic carbocycles. The first-order chi connectivity index (χ1) is 17.5. The minimum atomic E-state index is 0.964. The molecule has 0 unspecified atom stereocenters. The maximum absolute atomic E-state index is 5.14. The van der Waals surface area contributed by atoms with Crippen LogP contribution in [0.1, 0.15) is 85.8 Å². The average Bonchev–Trinajstić information content (AvgIpc) is 3.37. The predicted molar refractivity (Wildman–Crippen MR) is 157 cm³/mol. The van der Waals surface area contributed by atoms with E-state index >= 15 is 0 Å². The summed E-state index contributed by atoms with van der Waals surface area (Å²) in [7, 11) is 0. The molecule has 1 aliphatic heterocycles. The third-order valence-electron chi connectivity index (χ3n) is 7.74. The first-order valence-electron chi connectivity index (χ1n) is 13.4. The number of allylic oxidation sites excluding steroid dienone is 4. The Morgan fingerprint density at radius 2 is 1.17 bits per heavy atom. The molecule has 3 aromatic heterocycles. The summed E-state index contributed by atoms with van der Waals surface area (Å²) in [6.45, 7) is 13.4. The largest absolute Gasteiger partial charge is 0.355 e. The minimum Gasteiger partial charge on any atom is -0.355 e. The molecule has 36 heavy (non-hydrogen) atoms. The Hall–Kier alpha value is -3.59. The Balaban J connectivity index is 1.99. The van der Waals surface area contributed by atoms with Gasteiger partial charge in [-0.1, -0.05) is 52.0 Å². The maximum Gasteiger partial charge on any atom is 0.0693 e. The summed E-state index contributed by atoms with van der Waals surface area (Å²) in [5.41, 5.74) is 17.3. The fraction of sp³-hybridized carbons (Fsp3) is 0.303. The second kappa shape index (κ2) is 9.81. The van der Waals surface area contributed by atoms with E-state index in [9.17, 15) is 0 Å². The van der Waals surface area contributed by atoms with Crippen LogP contribution in [-0.4, -0.2) is 15.0 Å². The quantitative estimate of drug-likeness (QED) is 0.388. The first-order valence-corrected chi connectivity index (χ1v) is 13.4. The molecule has 0 radical (unpaired) electrons. The van der Waals surface area contributed by atoms with Crippen LogP contribution in [0.2, 0.25) is 0 Å². The lowest BCUT2D eigenvalue weighted by Gasteiger charge is -2.00. The van der Waals surface area contributed by atoms with Gasteiger partial charge in [0.05, 0.1) is 11.4 Å². The highest BCUT2D eigenvalue weighted by atomic mass is 14.8. The highest BCUT2D eigenvalue weighted by molar-refractivity contribution is 5.92. The van der Waals surface area contributed by atoms with E-state index in [1.165, 1.54) is 61.0 Å². The summed E-state index contributed by atoms with van der Waals surface area (Å²) in [4.78, 5) is 12.7. The number of nitrogens with zero attached hydrogens (tertiary/aromatic N) is 1. The number of fused-ring (bicyclic) bond motifs is 8. The highest BCUT2D eigenvalue weighted by Gasteiger charge is 2.17. The lowest BCUT2D eigenvalue weighted by Crippen LogP contribution is -1.86. The highest BCUT2D eigenvalue weighted by Crippen LogP contribution is 2.33. The SMILES string of the molecule is CCC1=C(C)c2cc3cc(cc4[nH]c(cc5[nH]c(cc1n2)c(CC)c5CC)c(CC)c4C)C=CC=C3. The van der Waals surface area contributed by atoms with Crippen molar-refractivity contribution in [2.75, 3.05) is 0 Å². The molecule has 8 bridgehead atoms. The predicted octanol–water partition coefficient (Wildman–Crippen LogP) is 8.98. The van der Waals surface area contributed by atoms with E-state index in [-0.39, 0.29) is 0 Å². The Kier molecular flexibility index (Phi) is 6.57. The lowest BCUT2D eigenvalue weighted by atomic mass is 10.0. The third kappa shape index (κ3) is 4.17. The number of aromatic nitrogens is 3. The van der Waals surface area contributed by atoms with Crippen molar-refractivity contribution in [3.63, 3.8) is 0 Å². The van der Waals surface area contributed by atoms with Gasteiger partial charge in [0.25, 0.3) is 0 Å². The molecule has 0 spiro atoms. The van der Waals surface area contributed by atoms with Crippen molar-refractivity contribution >= 4 is 45.4 Å². The number of nitrogens with one attached hydrogen (secondary N) is 2. The van der Waals surface area contributed by atoms with E-state index in [4.69, 9.17) is 4.98 Å². The number of rotatable bonds is 4. The standard InChI is InChI=1S/C33H37N3/c1-7-24-20(5)28-16-22-13-11-12-14-23(15-22)17-29-21(6)25(8-2)31(35-29)19-33-27(10-4)26(9-3)32(36-33)18-30(24)34-28/h11-19,34,36H,7-10H2,1-6H3. The molecule has 0 saturated carbocycles. The van der Waals surface area contributed by atoms with Crippen molar-refractivity contribution < 1.29 is 0 Å². The summed E-state index contributed by atoms with van der Waals surface area (Å²) < 4.78 is 0. The molecule has 3 heteroatoms. The molecule has 3 nitrogen and oxygen atoms in total. The van der Waals surface area contributed by atoms with E-state index in [0.717, 1.165) is 42.6 Å². The van der Waals surface area contributed by atoms with Gasteiger partial charge in [-0.2, -0.15) is 0 Å². The molecule has 2 N–H and O–H groups in total. The second-order valence-electron chi connectivity index (χ2n) is 9.81. The average molecular weight is 476 g/mol. The van der Waals surface area contributed by atoms with Gasteiger partial charge in [0.2, 0.25) is 0 Å². The summed E-state index contributed by atoms with van der Waals surface area (Å²) in [5.74, 6) is 0. The Morgan fingerprint density at radius 3 is 1.81 bits per heavy atom. The van der Waals surface area contributed by atoms with Gasteiger partial charge in [0.1, 0.15) is 0 Å². The normalized spacial score (nSPS) is 13.4. The lowest BCUT2D eigenvalue weighted by molar-refractivity contribution is 1.07. The summed E-state index contributed by atoms with van der Waals surface area (Å²) >= 11 is 0. The minimum absolute atomic E-state index is 0.964. The fourth-order valence-electron chi connectivity index (χ4n) is 5.82. The van der Waals surface area contributed by atoms with E-state index < -0.39 is 0 Å². The molecular formula is C33H37N3. The second-order valence-corrected chi connectivity index (χ2v) is 9.81. The Bertz CT molecular complexity index is 1580. The van der Waals surface area contributed by atoms with E-state index in [1.54, 1.807) is 0 Å². The van der Waals surface area contributed by atoms with Gasteiger partial charge in [-0.3, -0.25) is 0 Å². The topological polar surface area (TPSA) is 44.5 Å². The van der Waals surface area contributed by atoms with Gasteiger partial charge >= 0.3 is 0 Å². The summed E-state index contributed by atoms with van der Waals surface area (Å²) in [6, 6.07) is 11.4. The molecule has 5 rings (SSSR count). The van der Waals surface area contributed by atoms with Gasteiger partial charge < -0.3 is 9.97 Å². The zero-order chi connectivity index (χ0) is 25.4. The van der Waals surface area contributed by atoms with Crippen molar-refractivity contribution in [3.05, 3.63) is 87.3 Å². The van der Waals surface area contributed by atoms with Gasteiger partial charge in [-0.25, -0.2) is 4.98 Å². The summed E-state index contributed by atoms with van der Waals surface area (Å²) in [6.07, 6.45) is 12.5. The monoisotopic (exact) mass is 475 g/mol. The third-order valence-corrected chi connectivity index (χ3v) is 7.74. The number of aromatic amines is 2. The van der Waals surface area contributed by atoms with Crippen molar-refractivity contribution in [1.29, 1.82) is 0 Å². The Morgan fingerprint density at radius 1 is 0.583 bits per heavy atom. The number of H-pyrrole nitrogens is 2. The van der Waals surface area contributed by atoms with Gasteiger partial charge in [0, 0.05) is 22.1 Å². The van der Waals surface area contributed by atoms with E-state index in [2.05, 4.69) is 106 Å². The number of hydrogen-bond donors (Lipinski definition) is 2. The van der Waals surface area contributed by atoms with Crippen molar-refractivity contribution in [3.8, 4) is 0 Å². The molecular weight excluding hydrogens is 438 g/mol. The smallest absolute Gasteiger partial charge is 0.0693 e. The van der Waals surface area contributed by atoms with E-state index in [0.29, 0.717) is 0 Å². The maximum atomic E-state index is 5.14. The van der Waals surface area contributed by atoms with Gasteiger partial charge in [-0.15, -0.1) is 0 Å². The molecule has 0 amide bonds. The van der Waals surface area contributed by atoms with Crippen LogP contribution in [0.4, 0.5) is 0 Å². The van der Waals surface area contributed by atoms with Crippen LogP contribution in [0.15, 0.2) is 42.5 Å². The molecule has 0 saturated heterocycles. The molecule has 4 heterocycles. The zero-order valence-corrected chi connectivity index (χ0v) is 22.5. The molecule has 184 valence electrons. The van der Waals surface area contributed by atoms with E-state index in [1.807, 2.05) is 0 Å². The molecule has 3 aromatic rings. The van der Waals surface area contributed by atoms with Crippen LogP contribution in [0.5, 0.6) is 0 Å². The van der Waals surface area contributed by atoms with Gasteiger partial charge in [-0.05, 0) is 114 Å². The van der Waals surface area contributed by atoms with Crippen LogP contribution >= 0.6 is 0 Å². The van der Waals surface area contributed by atoms with Crippen LogP contribution in [0.3, 0.4) is 0 Å². The van der Waals surface area contributed by atoms with Gasteiger partial charge in [0.15, 0.2) is 0 Å². The van der Waals surface area contributed by atoms with Crippen LogP contribution in [0.25, 0.3) is 45.4 Å². The van der Waals surface area contributed by atoms with Crippen LogP contribution < -0.4 is 0 Å². The first kappa shape index (κ1) is 24.1. The molecule has 0 atom stereocenters. The van der Waals surface area contributed by atoms with Crippen LogP contribution in [0, 0.1) is 6.92 Å². The number of aryl methyl sites for hydroxylation is 4. The zero-order valence-electron chi connectivity index (χ0n) is 22.5. The fourth-order valence-corrected chi connectivity index (χ4v) is 5.82. The summed E-state index contributed by atoms with van der Waals surface area (Å²) in [5, 5.41) is 0. The van der Waals surface area contributed by atoms with Crippen molar-refractivity contribution in [1.82, 2.24) is 15.0 Å².